The molecule has 0 saturated carbocycles. The third kappa shape index (κ3) is 1.72. The number of hydrogen-bond acceptors (Lipinski definition) is 5. The second-order valence-corrected chi connectivity index (χ2v) is 3.09. The van der Waals surface area contributed by atoms with Gasteiger partial charge < -0.3 is 10.5 Å². The number of nitrogens with two attached hydrogens (primary N) is 1. The van der Waals surface area contributed by atoms with Gasteiger partial charge in [0, 0.05) is 5.69 Å². The Labute approximate surface area is 91.6 Å². The van der Waals surface area contributed by atoms with Gasteiger partial charge in [-0.1, -0.05) is 0 Å². The van der Waals surface area contributed by atoms with Crippen molar-refractivity contribution in [3.05, 3.63) is 36.2 Å². The highest BCUT2D eigenvalue weighted by atomic mass is 16.5. The lowest BCUT2D eigenvalue weighted by atomic mass is 10.1. The number of rotatable bonds is 2. The topological polar surface area (TPSA) is 83.0 Å². The van der Waals surface area contributed by atoms with Crippen LogP contribution in [0.25, 0.3) is 5.69 Å². The number of nitrogens with zero attached hydrogens (tertiary/aromatic N) is 3. The van der Waals surface area contributed by atoms with Crippen molar-refractivity contribution in [2.45, 2.75) is 0 Å². The van der Waals surface area contributed by atoms with Crippen molar-refractivity contribution in [3.63, 3.8) is 0 Å². The molecule has 1 aromatic carbocycles. The summed E-state index contributed by atoms with van der Waals surface area (Å²) in [6.07, 6.45) is 3.05. The monoisotopic (exact) mass is 218 g/mol. The lowest BCUT2D eigenvalue weighted by molar-refractivity contribution is 0.0600. The van der Waals surface area contributed by atoms with Gasteiger partial charge in [0.2, 0.25) is 0 Å². The summed E-state index contributed by atoms with van der Waals surface area (Å²) in [4.78, 5) is 12.9. The smallest absolute Gasteiger partial charge is 0.340 e. The second kappa shape index (κ2) is 4.01. The molecule has 0 aliphatic heterocycles. The van der Waals surface area contributed by atoms with E-state index in [1.165, 1.54) is 30.4 Å². The molecule has 0 fully saturated rings. The van der Waals surface area contributed by atoms with Gasteiger partial charge in [-0.25, -0.2) is 4.79 Å². The summed E-state index contributed by atoms with van der Waals surface area (Å²) < 4.78 is 4.67. The molecule has 2 N–H and O–H groups in total. The van der Waals surface area contributed by atoms with Crippen LogP contribution >= 0.6 is 0 Å². The zero-order valence-electron chi connectivity index (χ0n) is 8.62. The fourth-order valence-electron chi connectivity index (χ4n) is 1.34. The summed E-state index contributed by atoms with van der Waals surface area (Å²) in [5, 5.41) is 7.90. The van der Waals surface area contributed by atoms with Crippen molar-refractivity contribution in [2.24, 2.45) is 0 Å². The van der Waals surface area contributed by atoms with E-state index in [9.17, 15) is 4.79 Å². The summed E-state index contributed by atoms with van der Waals surface area (Å²) in [6.45, 7) is 0. The third-order valence-corrected chi connectivity index (χ3v) is 2.06. The molecule has 0 saturated heterocycles. The van der Waals surface area contributed by atoms with Crippen molar-refractivity contribution in [1.29, 1.82) is 0 Å². The number of aromatic nitrogens is 3. The van der Waals surface area contributed by atoms with Crippen molar-refractivity contribution < 1.29 is 9.53 Å². The minimum atomic E-state index is -0.473. The van der Waals surface area contributed by atoms with Crippen molar-refractivity contribution in [3.8, 4) is 5.69 Å². The van der Waals surface area contributed by atoms with Crippen LogP contribution in [0.15, 0.2) is 30.6 Å². The van der Waals surface area contributed by atoms with Crippen molar-refractivity contribution in [2.75, 3.05) is 12.8 Å². The Morgan fingerprint density at radius 1 is 1.38 bits per heavy atom. The predicted octanol–water partition coefficient (Wildman–Crippen LogP) is 0.636. The average Bonchev–Trinajstić information content (AvgIpc) is 2.81. The van der Waals surface area contributed by atoms with Crippen LogP contribution in [0.4, 0.5) is 5.69 Å². The maximum absolute atomic E-state index is 11.5. The molecule has 1 aromatic heterocycles. The Hall–Kier alpha value is -2.37. The molecule has 82 valence electrons. The van der Waals surface area contributed by atoms with Crippen molar-refractivity contribution in [1.82, 2.24) is 15.0 Å². The van der Waals surface area contributed by atoms with E-state index in [-0.39, 0.29) is 0 Å². The van der Waals surface area contributed by atoms with E-state index in [2.05, 4.69) is 14.9 Å². The van der Waals surface area contributed by atoms with E-state index in [0.717, 1.165) is 0 Å². The molecule has 0 unspecified atom stereocenters. The molecule has 2 aromatic rings. The van der Waals surface area contributed by atoms with Crippen LogP contribution in [0.5, 0.6) is 0 Å². The Kier molecular flexibility index (Phi) is 2.55. The van der Waals surface area contributed by atoms with Crippen LogP contribution < -0.4 is 5.73 Å². The van der Waals surface area contributed by atoms with E-state index >= 15 is 0 Å². The molecule has 2 rings (SSSR count). The van der Waals surface area contributed by atoms with E-state index in [0.29, 0.717) is 16.9 Å². The number of carbonyl (C=O) groups excluding carboxylic acids is 1. The fourth-order valence-corrected chi connectivity index (χ4v) is 1.34. The number of anilines is 1. The Morgan fingerprint density at radius 2 is 2.06 bits per heavy atom. The van der Waals surface area contributed by atoms with Gasteiger partial charge in [-0.15, -0.1) is 0 Å². The summed E-state index contributed by atoms with van der Waals surface area (Å²) in [6, 6.07) is 4.87. The molecule has 0 aliphatic rings. The van der Waals surface area contributed by atoms with E-state index in [1.807, 2.05) is 0 Å². The first-order chi connectivity index (χ1) is 7.72. The summed E-state index contributed by atoms with van der Waals surface area (Å²) in [5.41, 5.74) is 6.96. The van der Waals surface area contributed by atoms with Crippen LogP contribution in [-0.2, 0) is 4.74 Å². The maximum Gasteiger partial charge on any atom is 0.340 e. The summed E-state index contributed by atoms with van der Waals surface area (Å²) in [7, 11) is 1.31. The standard InChI is InChI=1S/C10H10N4O2/c1-16-10(15)8-6-7(11)2-3-9(8)14-12-4-5-13-14/h2-6H,11H2,1H3. The van der Waals surface area contributed by atoms with Crippen LogP contribution in [0, 0.1) is 0 Å². The Morgan fingerprint density at radius 3 is 2.69 bits per heavy atom. The zero-order valence-corrected chi connectivity index (χ0v) is 8.62. The van der Waals surface area contributed by atoms with Gasteiger partial charge in [0.1, 0.15) is 5.69 Å². The minimum Gasteiger partial charge on any atom is -0.465 e. The average molecular weight is 218 g/mol. The van der Waals surface area contributed by atoms with Crippen LogP contribution in [-0.4, -0.2) is 28.1 Å². The van der Waals surface area contributed by atoms with Gasteiger partial charge in [-0.2, -0.15) is 15.0 Å². The lowest BCUT2D eigenvalue weighted by Crippen LogP contribution is -2.10. The van der Waals surface area contributed by atoms with E-state index in [1.54, 1.807) is 12.1 Å². The Balaban J connectivity index is 2.57. The number of ether oxygens (including phenoxy) is 1. The van der Waals surface area contributed by atoms with Gasteiger partial charge in [0.05, 0.1) is 25.1 Å². The normalized spacial score (nSPS) is 10.1. The van der Waals surface area contributed by atoms with Crippen LogP contribution in [0.3, 0.4) is 0 Å². The molecule has 0 aliphatic carbocycles. The van der Waals surface area contributed by atoms with Gasteiger partial charge in [0.15, 0.2) is 0 Å². The highest BCUT2D eigenvalue weighted by Crippen LogP contribution is 2.17. The lowest BCUT2D eigenvalue weighted by Gasteiger charge is -2.07. The molecule has 0 amide bonds. The Bertz CT molecular complexity index is 508. The number of esters is 1. The zero-order chi connectivity index (χ0) is 11.5. The molecule has 1 heterocycles. The SMILES string of the molecule is COC(=O)c1cc(N)ccc1-n1nccn1. The van der Waals surface area contributed by atoms with Gasteiger partial charge in [0.25, 0.3) is 0 Å². The first kappa shape index (κ1) is 10.2. The molecular formula is C10H10N4O2. The number of benzene rings is 1. The molecule has 0 atom stereocenters. The number of nitrogen functional groups attached to an aromatic ring is 1. The molecule has 16 heavy (non-hydrogen) atoms. The fraction of sp³-hybridized carbons (Fsp3) is 0.100. The predicted molar refractivity (Wildman–Crippen MR) is 57.1 cm³/mol. The largest absolute Gasteiger partial charge is 0.465 e. The highest BCUT2D eigenvalue weighted by molar-refractivity contribution is 5.94. The highest BCUT2D eigenvalue weighted by Gasteiger charge is 2.14. The van der Waals surface area contributed by atoms with Gasteiger partial charge in [-0.3, -0.25) is 0 Å². The first-order valence-electron chi connectivity index (χ1n) is 4.57. The molecule has 0 bridgehead atoms. The van der Waals surface area contributed by atoms with Crippen LogP contribution in [0.2, 0.25) is 0 Å². The molecule has 6 nitrogen and oxygen atoms in total. The van der Waals surface area contributed by atoms with Gasteiger partial charge in [-0.05, 0) is 18.2 Å². The van der Waals surface area contributed by atoms with Gasteiger partial charge >= 0.3 is 5.97 Å². The third-order valence-electron chi connectivity index (χ3n) is 2.06. The minimum absolute atomic E-state index is 0.332. The van der Waals surface area contributed by atoms with Crippen molar-refractivity contribution >= 4 is 11.7 Å². The quantitative estimate of drug-likeness (QED) is 0.590. The summed E-state index contributed by atoms with van der Waals surface area (Å²) in [5.74, 6) is -0.473. The molecule has 0 spiro atoms. The molecular weight excluding hydrogens is 208 g/mol. The molecule has 0 radical (unpaired) electrons. The molecule has 6 heteroatoms. The number of methoxy groups -OCH3 is 1. The van der Waals surface area contributed by atoms with E-state index in [4.69, 9.17) is 5.73 Å². The van der Waals surface area contributed by atoms with E-state index < -0.39 is 5.97 Å². The maximum atomic E-state index is 11.5. The first-order valence-corrected chi connectivity index (χ1v) is 4.57. The van der Waals surface area contributed by atoms with Crippen LogP contribution in [0.1, 0.15) is 10.4 Å². The number of hydrogen-bond donors (Lipinski definition) is 1. The number of carbonyl (C=O) groups is 1. The second-order valence-electron chi connectivity index (χ2n) is 3.09. The summed E-state index contributed by atoms with van der Waals surface area (Å²) >= 11 is 0.